The van der Waals surface area contributed by atoms with Crippen LogP contribution in [0.3, 0.4) is 0 Å². The largest absolute Gasteiger partial charge is 0.491 e. The lowest BCUT2D eigenvalue weighted by atomic mass is 9.74. The number of rotatable bonds is 7. The quantitative estimate of drug-likeness (QED) is 0.693. The van der Waals surface area contributed by atoms with E-state index in [-0.39, 0.29) is 17.6 Å². The Morgan fingerprint density at radius 1 is 1.00 bits per heavy atom. The number of hydrogen-bond donors (Lipinski definition) is 0. The highest BCUT2D eigenvalue weighted by atomic mass is 16.6. The predicted octanol–water partition coefficient (Wildman–Crippen LogP) is 3.99. The maximum Gasteiger partial charge on any atom is 0.125 e. The van der Waals surface area contributed by atoms with Crippen molar-refractivity contribution in [2.75, 3.05) is 26.4 Å². The highest BCUT2D eigenvalue weighted by Gasteiger charge is 2.30. The van der Waals surface area contributed by atoms with Crippen LogP contribution in [0.5, 0.6) is 5.75 Å². The molecule has 3 atom stereocenters. The minimum Gasteiger partial charge on any atom is -0.491 e. The van der Waals surface area contributed by atoms with Crippen LogP contribution in [0, 0.1) is 13.8 Å². The van der Waals surface area contributed by atoms with E-state index in [0.29, 0.717) is 13.2 Å². The Morgan fingerprint density at radius 2 is 1.58 bits per heavy atom. The van der Waals surface area contributed by atoms with Gasteiger partial charge in [-0.15, -0.1) is 0 Å². The summed E-state index contributed by atoms with van der Waals surface area (Å²) in [6.07, 6.45) is 6.05. The lowest BCUT2D eigenvalue weighted by Gasteiger charge is -2.31. The molecule has 1 aliphatic carbocycles. The third-order valence-corrected chi connectivity index (χ3v) is 5.40. The molecule has 26 heavy (non-hydrogen) atoms. The van der Waals surface area contributed by atoms with Crippen LogP contribution in [0.2, 0.25) is 0 Å². The normalized spacial score (nSPS) is 29.7. The number of allylic oxidation sites excluding steroid dienone is 3. The van der Waals surface area contributed by atoms with E-state index in [2.05, 4.69) is 52.0 Å². The molecule has 1 aromatic carbocycles. The van der Waals surface area contributed by atoms with Gasteiger partial charge in [0.15, 0.2) is 0 Å². The monoisotopic (exact) mass is 356 g/mol. The summed E-state index contributed by atoms with van der Waals surface area (Å²) in [4.78, 5) is 0. The third-order valence-electron chi connectivity index (χ3n) is 5.40. The Morgan fingerprint density at radius 3 is 2.12 bits per heavy atom. The van der Waals surface area contributed by atoms with Crippen LogP contribution in [0.4, 0.5) is 0 Å². The van der Waals surface area contributed by atoms with Crippen LogP contribution in [0.25, 0.3) is 0 Å². The van der Waals surface area contributed by atoms with E-state index in [0.717, 1.165) is 31.1 Å². The van der Waals surface area contributed by atoms with Crippen molar-refractivity contribution >= 4 is 0 Å². The Hall–Kier alpha value is -1.78. The zero-order valence-corrected chi connectivity index (χ0v) is 16.1. The number of hydrogen-bond acceptors (Lipinski definition) is 4. The van der Waals surface area contributed by atoms with Gasteiger partial charge in [-0.05, 0) is 55.5 Å². The molecule has 2 saturated heterocycles. The Bertz CT molecular complexity index is 732. The zero-order valence-electron chi connectivity index (χ0n) is 16.1. The second-order valence-corrected chi connectivity index (χ2v) is 7.99. The molecule has 0 aromatic heterocycles. The first-order chi connectivity index (χ1) is 12.4. The van der Waals surface area contributed by atoms with Crippen LogP contribution in [-0.2, 0) is 19.6 Å². The molecule has 2 aliphatic heterocycles. The number of ether oxygens (including phenoxy) is 4. The van der Waals surface area contributed by atoms with Crippen LogP contribution in [-0.4, -0.2) is 38.6 Å². The minimum absolute atomic E-state index is 0.0271. The molecular formula is C22H28O4. The molecule has 0 amide bonds. The summed E-state index contributed by atoms with van der Waals surface area (Å²) in [6, 6.07) is 4.52. The van der Waals surface area contributed by atoms with Crippen molar-refractivity contribution < 1.29 is 18.9 Å². The van der Waals surface area contributed by atoms with Crippen LogP contribution >= 0.6 is 0 Å². The molecule has 3 aliphatic rings. The molecule has 0 radical (unpaired) electrons. The highest BCUT2D eigenvalue weighted by molar-refractivity contribution is 5.49. The molecule has 0 bridgehead atoms. The van der Waals surface area contributed by atoms with Crippen molar-refractivity contribution in [3.8, 4) is 5.75 Å². The lowest BCUT2D eigenvalue weighted by molar-refractivity contribution is 0.186. The van der Waals surface area contributed by atoms with Gasteiger partial charge >= 0.3 is 0 Å². The summed E-state index contributed by atoms with van der Waals surface area (Å²) in [5.41, 5.74) is 4.86. The van der Waals surface area contributed by atoms with E-state index in [1.54, 1.807) is 0 Å². The summed E-state index contributed by atoms with van der Waals surface area (Å²) in [7, 11) is 0. The molecule has 2 fully saturated rings. The van der Waals surface area contributed by atoms with Gasteiger partial charge in [0, 0.05) is 5.41 Å². The average molecular weight is 356 g/mol. The molecule has 140 valence electrons. The van der Waals surface area contributed by atoms with Gasteiger partial charge in [-0.1, -0.05) is 25.1 Å². The summed E-state index contributed by atoms with van der Waals surface area (Å²) >= 11 is 0. The summed E-state index contributed by atoms with van der Waals surface area (Å²) in [5.74, 6) is 1.99. The molecule has 2 heterocycles. The van der Waals surface area contributed by atoms with E-state index < -0.39 is 0 Å². The maximum atomic E-state index is 5.98. The van der Waals surface area contributed by atoms with Gasteiger partial charge in [0.25, 0.3) is 0 Å². The minimum atomic E-state index is -0.0271. The fourth-order valence-electron chi connectivity index (χ4n) is 3.64. The van der Waals surface area contributed by atoms with Crippen LogP contribution in [0.15, 0.2) is 35.6 Å². The Kier molecular flexibility index (Phi) is 4.57. The lowest BCUT2D eigenvalue weighted by Crippen LogP contribution is -2.23. The van der Waals surface area contributed by atoms with Gasteiger partial charge in [0.05, 0.1) is 13.2 Å². The van der Waals surface area contributed by atoms with Crippen LogP contribution in [0.1, 0.15) is 37.0 Å². The molecule has 1 aromatic rings. The summed E-state index contributed by atoms with van der Waals surface area (Å²) in [6.45, 7) is 11.6. The fourth-order valence-corrected chi connectivity index (χ4v) is 3.64. The molecule has 3 unspecified atom stereocenters. The maximum absolute atomic E-state index is 5.98. The third kappa shape index (κ3) is 3.81. The van der Waals surface area contributed by atoms with Crippen molar-refractivity contribution in [2.24, 2.45) is 0 Å². The molecule has 0 spiro atoms. The molecule has 4 nitrogen and oxygen atoms in total. The standard InChI is InChI=1S/C22H28O4/c1-14-7-17(8-15(2)21(14)26-13-19-11-24-19)22(4)6-5-20(16(3)9-22)25-12-18-10-23-18/h5,7-9,18-19H,6,10-13H2,1-4H3. The van der Waals surface area contributed by atoms with E-state index in [1.165, 1.54) is 22.3 Å². The van der Waals surface area contributed by atoms with Gasteiger partial charge in [-0.2, -0.15) is 0 Å². The van der Waals surface area contributed by atoms with Gasteiger partial charge in [0.2, 0.25) is 0 Å². The first-order valence-corrected chi connectivity index (χ1v) is 9.45. The predicted molar refractivity (Wildman–Crippen MR) is 101 cm³/mol. The second kappa shape index (κ2) is 6.75. The van der Waals surface area contributed by atoms with E-state index in [4.69, 9.17) is 18.9 Å². The molecular weight excluding hydrogens is 328 g/mol. The van der Waals surface area contributed by atoms with E-state index in [9.17, 15) is 0 Å². The zero-order chi connectivity index (χ0) is 18.3. The van der Waals surface area contributed by atoms with Crippen molar-refractivity contribution in [1.29, 1.82) is 0 Å². The topological polar surface area (TPSA) is 43.5 Å². The van der Waals surface area contributed by atoms with Gasteiger partial charge in [-0.3, -0.25) is 0 Å². The van der Waals surface area contributed by atoms with Crippen molar-refractivity contribution in [2.45, 2.75) is 51.7 Å². The van der Waals surface area contributed by atoms with Crippen molar-refractivity contribution in [3.63, 3.8) is 0 Å². The first-order valence-electron chi connectivity index (χ1n) is 9.45. The first kappa shape index (κ1) is 17.6. The van der Waals surface area contributed by atoms with Crippen molar-refractivity contribution in [1.82, 2.24) is 0 Å². The van der Waals surface area contributed by atoms with Crippen molar-refractivity contribution in [3.05, 3.63) is 52.3 Å². The Labute approximate surface area is 155 Å². The number of aryl methyl sites for hydroxylation is 2. The molecule has 0 saturated carbocycles. The summed E-state index contributed by atoms with van der Waals surface area (Å²) < 4.78 is 22.4. The van der Waals surface area contributed by atoms with E-state index >= 15 is 0 Å². The van der Waals surface area contributed by atoms with Crippen LogP contribution < -0.4 is 4.74 Å². The smallest absolute Gasteiger partial charge is 0.125 e. The number of epoxide rings is 2. The molecule has 0 N–H and O–H groups in total. The SMILES string of the molecule is CC1=CC(C)(c2cc(C)c(OCC3CO3)c(C)c2)CC=C1OCC1CO1. The van der Waals surface area contributed by atoms with E-state index in [1.807, 2.05) is 0 Å². The molecule has 4 rings (SSSR count). The highest BCUT2D eigenvalue weighted by Crippen LogP contribution is 2.39. The van der Waals surface area contributed by atoms with Gasteiger partial charge in [-0.25, -0.2) is 0 Å². The number of benzene rings is 1. The van der Waals surface area contributed by atoms with Gasteiger partial charge < -0.3 is 18.9 Å². The fraction of sp³-hybridized carbons (Fsp3) is 0.545. The Balaban J connectivity index is 1.50. The summed E-state index contributed by atoms with van der Waals surface area (Å²) in [5, 5.41) is 0. The second-order valence-electron chi connectivity index (χ2n) is 7.99. The molecule has 4 heteroatoms. The average Bonchev–Trinajstić information content (AvgIpc) is 3.48. The van der Waals surface area contributed by atoms with Gasteiger partial charge in [0.1, 0.15) is 36.9 Å².